The molecule has 2 N–H and O–H groups in total. The largest absolute Gasteiger partial charge is 0.320 e. The second kappa shape index (κ2) is 6.06. The number of hydrogen-bond donors (Lipinski definition) is 1. The molecule has 106 valence electrons. The zero-order valence-electron chi connectivity index (χ0n) is 12.7. The lowest BCUT2D eigenvalue weighted by molar-refractivity contribution is 0.104. The molecule has 0 fully saturated rings. The minimum Gasteiger partial charge on any atom is -0.320 e. The summed E-state index contributed by atoms with van der Waals surface area (Å²) in [5.74, 6) is 0. The molecule has 0 saturated heterocycles. The van der Waals surface area contributed by atoms with Gasteiger partial charge in [0.25, 0.3) is 0 Å². The lowest BCUT2D eigenvalue weighted by Gasteiger charge is -2.47. The summed E-state index contributed by atoms with van der Waals surface area (Å²) in [6.45, 7) is 8.91. The van der Waals surface area contributed by atoms with Gasteiger partial charge in [0.05, 0.1) is 5.54 Å². The highest BCUT2D eigenvalue weighted by Gasteiger charge is 2.42. The van der Waals surface area contributed by atoms with Gasteiger partial charge < -0.3 is 5.73 Å². The van der Waals surface area contributed by atoms with E-state index in [4.69, 9.17) is 5.73 Å². The maximum Gasteiger partial charge on any atom is 0.0570 e. The molecule has 2 rings (SSSR count). The van der Waals surface area contributed by atoms with E-state index in [1.54, 1.807) is 0 Å². The number of aryl methyl sites for hydroxylation is 1. The van der Waals surface area contributed by atoms with Crippen LogP contribution in [-0.4, -0.2) is 24.0 Å². The Morgan fingerprint density at radius 3 is 2.53 bits per heavy atom. The lowest BCUT2D eigenvalue weighted by Crippen LogP contribution is -2.58. The Bertz CT molecular complexity index is 411. The maximum absolute atomic E-state index is 6.94. The van der Waals surface area contributed by atoms with E-state index in [0.717, 1.165) is 25.9 Å². The third kappa shape index (κ3) is 2.56. The minimum absolute atomic E-state index is 0.171. The average molecular weight is 260 g/mol. The molecule has 0 heterocycles. The Morgan fingerprint density at radius 1 is 1.21 bits per heavy atom. The molecule has 0 saturated carbocycles. The number of rotatable bonds is 5. The zero-order chi connectivity index (χ0) is 13.9. The van der Waals surface area contributed by atoms with Crippen LogP contribution < -0.4 is 5.73 Å². The van der Waals surface area contributed by atoms with Gasteiger partial charge in [-0.15, -0.1) is 0 Å². The van der Waals surface area contributed by atoms with Crippen molar-refractivity contribution in [2.24, 2.45) is 5.73 Å². The first-order valence-electron chi connectivity index (χ1n) is 7.78. The van der Waals surface area contributed by atoms with Crippen molar-refractivity contribution in [3.8, 4) is 0 Å². The molecule has 0 amide bonds. The summed E-state index contributed by atoms with van der Waals surface area (Å²) in [5.41, 5.74) is 9.61. The van der Waals surface area contributed by atoms with Gasteiger partial charge in [0, 0.05) is 6.04 Å². The summed E-state index contributed by atoms with van der Waals surface area (Å²) >= 11 is 0. The Labute approximate surface area is 118 Å². The summed E-state index contributed by atoms with van der Waals surface area (Å²) in [6.07, 6.45) is 4.57. The van der Waals surface area contributed by atoms with Crippen molar-refractivity contribution < 1.29 is 0 Å². The third-order valence-corrected chi connectivity index (χ3v) is 4.72. The predicted octanol–water partition coefficient (Wildman–Crippen LogP) is 3.30. The molecule has 1 aliphatic rings. The van der Waals surface area contributed by atoms with Crippen molar-refractivity contribution in [3.05, 3.63) is 35.4 Å². The lowest BCUT2D eigenvalue weighted by atomic mass is 9.70. The van der Waals surface area contributed by atoms with Crippen LogP contribution in [0.5, 0.6) is 0 Å². The van der Waals surface area contributed by atoms with Crippen LogP contribution in [0.1, 0.15) is 51.2 Å². The van der Waals surface area contributed by atoms with Crippen LogP contribution in [0, 0.1) is 0 Å². The number of nitrogens with zero attached hydrogens (tertiary/aromatic N) is 1. The van der Waals surface area contributed by atoms with E-state index in [-0.39, 0.29) is 5.54 Å². The molecule has 0 bridgehead atoms. The Hall–Kier alpha value is -0.860. The normalized spacial score (nSPS) is 26.5. The van der Waals surface area contributed by atoms with E-state index in [0.29, 0.717) is 6.04 Å². The molecule has 2 unspecified atom stereocenters. The summed E-state index contributed by atoms with van der Waals surface area (Å²) in [4.78, 5) is 2.55. The van der Waals surface area contributed by atoms with Crippen molar-refractivity contribution in [3.63, 3.8) is 0 Å². The molecule has 19 heavy (non-hydrogen) atoms. The van der Waals surface area contributed by atoms with E-state index in [2.05, 4.69) is 49.9 Å². The van der Waals surface area contributed by atoms with Crippen LogP contribution in [0.25, 0.3) is 0 Å². The van der Waals surface area contributed by atoms with E-state index in [1.807, 2.05) is 0 Å². The van der Waals surface area contributed by atoms with Gasteiger partial charge in [-0.1, -0.05) is 51.5 Å². The van der Waals surface area contributed by atoms with E-state index in [1.165, 1.54) is 24.0 Å². The standard InChI is InChI=1S/C17H28N2/c1-4-13-17(18)15-10-8-7-9-14(15)11-12-16(17)19(5-2)6-3/h7-10,16H,4-6,11-13,18H2,1-3H3. The molecule has 1 aromatic carbocycles. The van der Waals surface area contributed by atoms with Crippen molar-refractivity contribution >= 4 is 0 Å². The SMILES string of the molecule is CCCC1(N)c2ccccc2CCC1N(CC)CC. The number of hydrogen-bond acceptors (Lipinski definition) is 2. The summed E-state index contributed by atoms with van der Waals surface area (Å²) in [6, 6.07) is 9.27. The molecule has 1 aromatic rings. The molecule has 0 spiro atoms. The van der Waals surface area contributed by atoms with Crippen LogP contribution >= 0.6 is 0 Å². The second-order valence-corrected chi connectivity index (χ2v) is 5.72. The molecular formula is C17H28N2. The smallest absolute Gasteiger partial charge is 0.0570 e. The highest BCUT2D eigenvalue weighted by atomic mass is 15.2. The monoisotopic (exact) mass is 260 g/mol. The van der Waals surface area contributed by atoms with Crippen molar-refractivity contribution in [2.75, 3.05) is 13.1 Å². The predicted molar refractivity (Wildman–Crippen MR) is 82.2 cm³/mol. The quantitative estimate of drug-likeness (QED) is 0.880. The number of benzene rings is 1. The minimum atomic E-state index is -0.171. The first kappa shape index (κ1) is 14.5. The molecule has 2 nitrogen and oxygen atoms in total. The zero-order valence-corrected chi connectivity index (χ0v) is 12.7. The fourth-order valence-electron chi connectivity index (χ4n) is 3.81. The fraction of sp³-hybridized carbons (Fsp3) is 0.647. The van der Waals surface area contributed by atoms with E-state index < -0.39 is 0 Å². The van der Waals surface area contributed by atoms with Gasteiger partial charge in [0.2, 0.25) is 0 Å². The molecule has 2 heteroatoms. The first-order chi connectivity index (χ1) is 9.17. The highest BCUT2D eigenvalue weighted by molar-refractivity contribution is 5.38. The highest BCUT2D eigenvalue weighted by Crippen LogP contribution is 2.39. The maximum atomic E-state index is 6.94. The molecular weight excluding hydrogens is 232 g/mol. The van der Waals surface area contributed by atoms with Crippen molar-refractivity contribution in [1.29, 1.82) is 0 Å². The first-order valence-corrected chi connectivity index (χ1v) is 7.78. The van der Waals surface area contributed by atoms with Crippen molar-refractivity contribution in [2.45, 2.75) is 58.0 Å². The van der Waals surface area contributed by atoms with Crippen LogP contribution in [-0.2, 0) is 12.0 Å². The topological polar surface area (TPSA) is 29.3 Å². The summed E-state index contributed by atoms with van der Waals surface area (Å²) in [7, 11) is 0. The van der Waals surface area contributed by atoms with Gasteiger partial charge >= 0.3 is 0 Å². The van der Waals surface area contributed by atoms with Crippen LogP contribution in [0.2, 0.25) is 0 Å². The van der Waals surface area contributed by atoms with Gasteiger partial charge in [-0.05, 0) is 43.5 Å². The van der Waals surface area contributed by atoms with Crippen LogP contribution in [0.3, 0.4) is 0 Å². The fourth-order valence-corrected chi connectivity index (χ4v) is 3.81. The number of fused-ring (bicyclic) bond motifs is 1. The van der Waals surface area contributed by atoms with Crippen LogP contribution in [0.15, 0.2) is 24.3 Å². The number of likely N-dealkylation sites (N-methyl/N-ethyl adjacent to an activating group) is 1. The third-order valence-electron chi connectivity index (χ3n) is 4.72. The van der Waals surface area contributed by atoms with Crippen molar-refractivity contribution in [1.82, 2.24) is 4.90 Å². The average Bonchev–Trinajstić information content (AvgIpc) is 2.43. The van der Waals surface area contributed by atoms with Gasteiger partial charge in [0.1, 0.15) is 0 Å². The van der Waals surface area contributed by atoms with Gasteiger partial charge in [-0.2, -0.15) is 0 Å². The molecule has 1 aliphatic carbocycles. The van der Waals surface area contributed by atoms with E-state index >= 15 is 0 Å². The van der Waals surface area contributed by atoms with Crippen LogP contribution in [0.4, 0.5) is 0 Å². The Kier molecular flexibility index (Phi) is 4.64. The van der Waals surface area contributed by atoms with Gasteiger partial charge in [0.15, 0.2) is 0 Å². The Morgan fingerprint density at radius 2 is 1.89 bits per heavy atom. The summed E-state index contributed by atoms with van der Waals surface area (Å²) < 4.78 is 0. The molecule has 0 radical (unpaired) electrons. The molecule has 0 aromatic heterocycles. The van der Waals surface area contributed by atoms with Gasteiger partial charge in [-0.3, -0.25) is 4.90 Å². The number of nitrogens with two attached hydrogens (primary N) is 1. The summed E-state index contributed by atoms with van der Waals surface area (Å²) in [5, 5.41) is 0. The Balaban J connectivity index is 2.42. The second-order valence-electron chi connectivity index (χ2n) is 5.72. The van der Waals surface area contributed by atoms with E-state index in [9.17, 15) is 0 Å². The van der Waals surface area contributed by atoms with Gasteiger partial charge in [-0.25, -0.2) is 0 Å². The molecule has 0 aliphatic heterocycles. The molecule has 2 atom stereocenters.